The van der Waals surface area contributed by atoms with Crippen LogP contribution in [0.4, 0.5) is 0 Å². The second-order valence-corrected chi connectivity index (χ2v) is 9.11. The molecule has 158 valence electrons. The van der Waals surface area contributed by atoms with Gasteiger partial charge in [0.15, 0.2) is 0 Å². The van der Waals surface area contributed by atoms with Gasteiger partial charge in [0, 0.05) is 29.6 Å². The molecule has 1 fully saturated rings. The maximum absolute atomic E-state index is 5.32. The van der Waals surface area contributed by atoms with Gasteiger partial charge in [-0.25, -0.2) is 4.68 Å². The Hall–Kier alpha value is -2.92. The lowest BCUT2D eigenvalue weighted by Crippen LogP contribution is -2.16. The summed E-state index contributed by atoms with van der Waals surface area (Å²) >= 11 is 1.65. The molecule has 5 rings (SSSR count). The molecule has 3 atom stereocenters. The standard InChI is InChI=1S/C26H27N3OS/c1-30-24-11-9-21(10-12-24)25-18-31-26(27-14-13-19-5-3-2-4-6-19)29(25)28-17-23-16-20-7-8-22(23)15-20/h2-12,17-18,20,22-23H,13-16H2,1H3. The number of thiazole rings is 1. The molecule has 0 radical (unpaired) electrons. The van der Waals surface area contributed by atoms with Gasteiger partial charge >= 0.3 is 0 Å². The zero-order valence-corrected chi connectivity index (χ0v) is 18.5. The quantitative estimate of drug-likeness (QED) is 0.365. The highest BCUT2D eigenvalue weighted by molar-refractivity contribution is 7.07. The Morgan fingerprint density at radius 2 is 1.90 bits per heavy atom. The molecule has 3 unspecified atom stereocenters. The largest absolute Gasteiger partial charge is 0.497 e. The Morgan fingerprint density at radius 3 is 2.61 bits per heavy atom. The highest BCUT2D eigenvalue weighted by Gasteiger charge is 2.34. The molecule has 1 heterocycles. The van der Waals surface area contributed by atoms with Crippen LogP contribution in [0.5, 0.6) is 5.75 Å². The number of ether oxygens (including phenoxy) is 1. The number of benzene rings is 2. The Balaban J connectivity index is 1.44. The molecular formula is C26H27N3OS. The molecular weight excluding hydrogens is 402 g/mol. The van der Waals surface area contributed by atoms with Crippen molar-refractivity contribution in [2.75, 3.05) is 13.7 Å². The fourth-order valence-electron chi connectivity index (χ4n) is 4.55. The second-order valence-electron chi connectivity index (χ2n) is 8.27. The molecule has 5 heteroatoms. The Morgan fingerprint density at radius 1 is 1.06 bits per heavy atom. The Bertz CT molecular complexity index is 1140. The van der Waals surface area contributed by atoms with Gasteiger partial charge < -0.3 is 4.74 Å². The number of aromatic nitrogens is 1. The molecule has 2 aromatic carbocycles. The smallest absolute Gasteiger partial charge is 0.206 e. The van der Waals surface area contributed by atoms with E-state index in [0.29, 0.717) is 11.8 Å². The van der Waals surface area contributed by atoms with Crippen LogP contribution in [-0.2, 0) is 6.42 Å². The molecule has 4 nitrogen and oxygen atoms in total. The molecule has 0 N–H and O–H groups in total. The molecule has 0 saturated heterocycles. The van der Waals surface area contributed by atoms with E-state index in [0.717, 1.165) is 40.7 Å². The van der Waals surface area contributed by atoms with Crippen LogP contribution < -0.4 is 9.54 Å². The predicted octanol–water partition coefficient (Wildman–Crippen LogP) is 5.41. The molecule has 1 aromatic heterocycles. The lowest BCUT2D eigenvalue weighted by atomic mass is 9.95. The molecule has 2 aliphatic rings. The third-order valence-electron chi connectivity index (χ3n) is 6.27. The monoisotopic (exact) mass is 429 g/mol. The molecule has 2 aliphatic carbocycles. The number of methoxy groups -OCH3 is 1. The lowest BCUT2D eigenvalue weighted by Gasteiger charge is -2.12. The number of rotatable bonds is 7. The van der Waals surface area contributed by atoms with Gasteiger partial charge in [0.05, 0.1) is 12.8 Å². The molecule has 0 spiro atoms. The van der Waals surface area contributed by atoms with Crippen molar-refractivity contribution in [3.05, 3.63) is 82.5 Å². The molecule has 31 heavy (non-hydrogen) atoms. The third kappa shape index (κ3) is 4.42. The van der Waals surface area contributed by atoms with Crippen molar-refractivity contribution in [2.45, 2.75) is 19.3 Å². The van der Waals surface area contributed by atoms with E-state index in [-0.39, 0.29) is 0 Å². The summed E-state index contributed by atoms with van der Waals surface area (Å²) in [7, 11) is 1.69. The van der Waals surface area contributed by atoms with Crippen LogP contribution in [0, 0.1) is 17.8 Å². The van der Waals surface area contributed by atoms with Gasteiger partial charge in [-0.2, -0.15) is 5.10 Å². The summed E-state index contributed by atoms with van der Waals surface area (Å²) in [5.41, 5.74) is 3.50. The van der Waals surface area contributed by atoms with Gasteiger partial charge in [0.2, 0.25) is 4.80 Å². The van der Waals surface area contributed by atoms with E-state index in [1.165, 1.54) is 18.4 Å². The van der Waals surface area contributed by atoms with Crippen LogP contribution in [0.25, 0.3) is 11.3 Å². The summed E-state index contributed by atoms with van der Waals surface area (Å²) in [6, 6.07) is 18.7. The molecule has 3 aromatic rings. The van der Waals surface area contributed by atoms with Crippen LogP contribution in [0.15, 0.2) is 82.2 Å². The van der Waals surface area contributed by atoms with E-state index >= 15 is 0 Å². The van der Waals surface area contributed by atoms with Crippen LogP contribution in [0.1, 0.15) is 18.4 Å². The van der Waals surface area contributed by atoms with Gasteiger partial charge in [0.1, 0.15) is 5.75 Å². The first kappa shape index (κ1) is 20.0. The normalized spacial score (nSPS) is 22.6. The van der Waals surface area contributed by atoms with Crippen molar-refractivity contribution in [1.29, 1.82) is 0 Å². The lowest BCUT2D eigenvalue weighted by molar-refractivity contribution is 0.415. The van der Waals surface area contributed by atoms with E-state index in [1.807, 2.05) is 16.8 Å². The number of fused-ring (bicyclic) bond motifs is 2. The molecule has 0 aliphatic heterocycles. The first-order valence-corrected chi connectivity index (χ1v) is 11.8. The van der Waals surface area contributed by atoms with Crippen molar-refractivity contribution < 1.29 is 4.74 Å². The average molecular weight is 430 g/mol. The van der Waals surface area contributed by atoms with E-state index in [9.17, 15) is 0 Å². The van der Waals surface area contributed by atoms with Crippen LogP contribution in [-0.4, -0.2) is 24.5 Å². The number of hydrogen-bond donors (Lipinski definition) is 0. The maximum atomic E-state index is 5.32. The summed E-state index contributed by atoms with van der Waals surface area (Å²) in [4.78, 5) is 5.84. The summed E-state index contributed by atoms with van der Waals surface area (Å²) < 4.78 is 7.34. The molecule has 1 saturated carbocycles. The Labute approximate surface area is 187 Å². The maximum Gasteiger partial charge on any atom is 0.206 e. The van der Waals surface area contributed by atoms with Gasteiger partial charge in [-0.1, -0.05) is 42.5 Å². The zero-order chi connectivity index (χ0) is 21.0. The Kier molecular flexibility index (Phi) is 5.85. The van der Waals surface area contributed by atoms with Crippen LogP contribution in [0.3, 0.4) is 0 Å². The first-order chi connectivity index (χ1) is 15.3. The van der Waals surface area contributed by atoms with Crippen molar-refractivity contribution in [1.82, 2.24) is 4.68 Å². The average Bonchev–Trinajstić information content (AvgIpc) is 3.54. The van der Waals surface area contributed by atoms with Crippen molar-refractivity contribution in [3.8, 4) is 17.0 Å². The molecule has 2 bridgehead atoms. The number of allylic oxidation sites excluding steroid dienone is 2. The van der Waals surface area contributed by atoms with Crippen LogP contribution >= 0.6 is 11.3 Å². The van der Waals surface area contributed by atoms with Gasteiger partial charge in [-0.15, -0.1) is 11.3 Å². The van der Waals surface area contributed by atoms with Gasteiger partial charge in [-0.05, 0) is 60.9 Å². The van der Waals surface area contributed by atoms with Crippen molar-refractivity contribution in [3.63, 3.8) is 0 Å². The van der Waals surface area contributed by atoms with Crippen molar-refractivity contribution >= 4 is 17.6 Å². The van der Waals surface area contributed by atoms with Gasteiger partial charge in [-0.3, -0.25) is 4.99 Å². The third-order valence-corrected chi connectivity index (χ3v) is 7.12. The van der Waals surface area contributed by atoms with Crippen LogP contribution in [0.2, 0.25) is 0 Å². The molecule has 0 amide bonds. The summed E-state index contributed by atoms with van der Waals surface area (Å²) in [5, 5.41) is 7.11. The topological polar surface area (TPSA) is 38.9 Å². The fourth-order valence-corrected chi connectivity index (χ4v) is 5.42. The minimum Gasteiger partial charge on any atom is -0.497 e. The first-order valence-electron chi connectivity index (χ1n) is 10.9. The van der Waals surface area contributed by atoms with E-state index in [1.54, 1.807) is 18.4 Å². The highest BCUT2D eigenvalue weighted by Crippen LogP contribution is 2.42. The summed E-state index contributed by atoms with van der Waals surface area (Å²) in [6.07, 6.45) is 10.3. The summed E-state index contributed by atoms with van der Waals surface area (Å²) in [6.45, 7) is 0.749. The van der Waals surface area contributed by atoms with E-state index in [4.69, 9.17) is 14.8 Å². The SMILES string of the molecule is COc1ccc(-c2csc(=NCCc3ccccc3)n2N=CC2CC3C=CC2C3)cc1. The summed E-state index contributed by atoms with van der Waals surface area (Å²) in [5.74, 6) is 2.78. The zero-order valence-electron chi connectivity index (χ0n) is 17.7. The van der Waals surface area contributed by atoms with E-state index < -0.39 is 0 Å². The second kappa shape index (κ2) is 9.06. The minimum atomic E-state index is 0.531. The predicted molar refractivity (Wildman–Crippen MR) is 128 cm³/mol. The fraction of sp³-hybridized carbons (Fsp3) is 0.308. The highest BCUT2D eigenvalue weighted by atomic mass is 32.1. The van der Waals surface area contributed by atoms with Crippen molar-refractivity contribution in [2.24, 2.45) is 27.8 Å². The number of nitrogens with zero attached hydrogens (tertiary/aromatic N) is 3. The van der Waals surface area contributed by atoms with E-state index in [2.05, 4.69) is 66.2 Å². The number of hydrogen-bond acceptors (Lipinski definition) is 4. The van der Waals surface area contributed by atoms with Gasteiger partial charge in [0.25, 0.3) is 0 Å². The minimum absolute atomic E-state index is 0.531.